The lowest BCUT2D eigenvalue weighted by atomic mass is 9.76. The largest absolute Gasteiger partial charge is 0.391 e. The van der Waals surface area contributed by atoms with Gasteiger partial charge in [-0.1, -0.05) is 6.92 Å². The molecule has 0 unspecified atom stereocenters. The summed E-state index contributed by atoms with van der Waals surface area (Å²) in [6, 6.07) is 0. The number of nitrogens with one attached hydrogen (secondary N) is 1. The van der Waals surface area contributed by atoms with Crippen LogP contribution >= 0.6 is 0 Å². The van der Waals surface area contributed by atoms with Gasteiger partial charge in [-0.2, -0.15) is 13.2 Å². The van der Waals surface area contributed by atoms with Crippen LogP contribution in [0.1, 0.15) is 39.0 Å². The van der Waals surface area contributed by atoms with Gasteiger partial charge >= 0.3 is 6.18 Å². The molecule has 0 amide bonds. The lowest BCUT2D eigenvalue weighted by Gasteiger charge is -2.43. The monoisotopic (exact) mass is 278 g/mol. The highest BCUT2D eigenvalue weighted by Crippen LogP contribution is 2.37. The summed E-state index contributed by atoms with van der Waals surface area (Å²) in [5, 5.41) is 3.37. The van der Waals surface area contributed by atoms with E-state index in [1.54, 1.807) is 0 Å². The smallest absolute Gasteiger partial charge is 0.317 e. The van der Waals surface area contributed by atoms with E-state index in [4.69, 9.17) is 0 Å². The maximum absolute atomic E-state index is 12.6. The van der Waals surface area contributed by atoms with E-state index in [1.165, 1.54) is 0 Å². The highest BCUT2D eigenvalue weighted by atomic mass is 19.4. The molecule has 2 saturated heterocycles. The number of hydrogen-bond acceptors (Lipinski definition) is 2. The molecule has 2 heterocycles. The molecule has 0 aromatic rings. The molecule has 112 valence electrons. The Morgan fingerprint density at radius 3 is 2.21 bits per heavy atom. The Bertz CT molecular complexity index is 277. The zero-order valence-electron chi connectivity index (χ0n) is 11.7. The molecule has 0 bridgehead atoms. The molecule has 2 aliphatic heterocycles. The van der Waals surface area contributed by atoms with E-state index in [2.05, 4.69) is 17.1 Å². The van der Waals surface area contributed by atoms with Crippen molar-refractivity contribution >= 4 is 0 Å². The Labute approximate surface area is 113 Å². The van der Waals surface area contributed by atoms with Crippen molar-refractivity contribution in [2.45, 2.75) is 45.2 Å². The molecule has 1 N–H and O–H groups in total. The Hall–Kier alpha value is -0.290. The molecule has 0 radical (unpaired) electrons. The number of hydrogen-bond donors (Lipinski definition) is 1. The van der Waals surface area contributed by atoms with Crippen molar-refractivity contribution in [2.75, 3.05) is 32.7 Å². The van der Waals surface area contributed by atoms with Crippen LogP contribution in [-0.4, -0.2) is 43.8 Å². The molecule has 0 atom stereocenters. The van der Waals surface area contributed by atoms with Crippen LogP contribution in [0.3, 0.4) is 0 Å². The number of piperidine rings is 2. The molecule has 2 nitrogen and oxygen atoms in total. The fourth-order valence-corrected chi connectivity index (χ4v) is 3.47. The first kappa shape index (κ1) is 15.1. The van der Waals surface area contributed by atoms with Gasteiger partial charge in [-0.3, -0.25) is 0 Å². The van der Waals surface area contributed by atoms with E-state index in [9.17, 15) is 13.2 Å². The van der Waals surface area contributed by atoms with Gasteiger partial charge in [-0.25, -0.2) is 0 Å². The molecule has 0 aromatic heterocycles. The third kappa shape index (κ3) is 3.85. The van der Waals surface area contributed by atoms with Gasteiger partial charge in [0, 0.05) is 6.54 Å². The first-order valence-electron chi connectivity index (χ1n) is 7.45. The van der Waals surface area contributed by atoms with E-state index in [0.29, 0.717) is 18.5 Å². The number of rotatable bonds is 3. The molecule has 0 aromatic carbocycles. The summed E-state index contributed by atoms with van der Waals surface area (Å²) in [6.07, 6.45) is 0.00561. The van der Waals surface area contributed by atoms with E-state index in [1.807, 2.05) is 0 Å². The van der Waals surface area contributed by atoms with Crippen LogP contribution in [0.15, 0.2) is 0 Å². The van der Waals surface area contributed by atoms with Crippen molar-refractivity contribution in [3.63, 3.8) is 0 Å². The zero-order valence-corrected chi connectivity index (χ0v) is 11.7. The Morgan fingerprint density at radius 2 is 1.74 bits per heavy atom. The van der Waals surface area contributed by atoms with Gasteiger partial charge in [0.05, 0.1) is 5.92 Å². The first-order chi connectivity index (χ1) is 8.95. The van der Waals surface area contributed by atoms with E-state index < -0.39 is 12.1 Å². The van der Waals surface area contributed by atoms with Gasteiger partial charge in [0.2, 0.25) is 0 Å². The minimum atomic E-state index is -4.00. The molecular weight excluding hydrogens is 253 g/mol. The summed E-state index contributed by atoms with van der Waals surface area (Å²) in [4.78, 5) is 2.26. The van der Waals surface area contributed by atoms with E-state index in [0.717, 1.165) is 38.9 Å². The summed E-state index contributed by atoms with van der Waals surface area (Å²) >= 11 is 0. The molecule has 5 heteroatoms. The predicted octanol–water partition coefficient (Wildman–Crippen LogP) is 3.04. The van der Waals surface area contributed by atoms with Crippen molar-refractivity contribution in [3.8, 4) is 0 Å². The number of halogens is 3. The normalized spacial score (nSPS) is 26.5. The second-order valence-corrected chi connectivity index (χ2v) is 6.20. The van der Waals surface area contributed by atoms with Crippen LogP contribution in [0.4, 0.5) is 13.2 Å². The van der Waals surface area contributed by atoms with E-state index in [-0.39, 0.29) is 12.8 Å². The first-order valence-corrected chi connectivity index (χ1v) is 7.45. The average molecular weight is 278 g/mol. The van der Waals surface area contributed by atoms with Gasteiger partial charge in [-0.05, 0) is 63.7 Å². The molecule has 2 fully saturated rings. The zero-order chi connectivity index (χ0) is 13.9. The third-order valence-corrected chi connectivity index (χ3v) is 5.02. The predicted molar refractivity (Wildman–Crippen MR) is 70.0 cm³/mol. The lowest BCUT2D eigenvalue weighted by molar-refractivity contribution is -0.185. The summed E-state index contributed by atoms with van der Waals surface area (Å²) in [5.41, 5.74) is 0.330. The van der Waals surface area contributed by atoms with E-state index >= 15 is 0 Å². The summed E-state index contributed by atoms with van der Waals surface area (Å²) in [6.45, 7) is 6.52. The summed E-state index contributed by atoms with van der Waals surface area (Å²) < 4.78 is 37.9. The number of alkyl halides is 3. The van der Waals surface area contributed by atoms with Crippen LogP contribution in [0.2, 0.25) is 0 Å². The van der Waals surface area contributed by atoms with Crippen LogP contribution < -0.4 is 5.32 Å². The molecule has 2 rings (SSSR count). The Morgan fingerprint density at radius 1 is 1.16 bits per heavy atom. The van der Waals surface area contributed by atoms with Gasteiger partial charge in [0.15, 0.2) is 0 Å². The highest BCUT2D eigenvalue weighted by molar-refractivity contribution is 4.88. The number of nitrogens with zero attached hydrogens (tertiary/aromatic N) is 1. The Balaban J connectivity index is 1.84. The number of likely N-dealkylation sites (tertiary alicyclic amines) is 1. The fourth-order valence-electron chi connectivity index (χ4n) is 3.47. The van der Waals surface area contributed by atoms with Gasteiger partial charge < -0.3 is 10.2 Å². The van der Waals surface area contributed by atoms with Crippen LogP contribution in [0.25, 0.3) is 0 Å². The lowest BCUT2D eigenvalue weighted by Crippen LogP contribution is -2.47. The molecule has 0 spiro atoms. The average Bonchev–Trinajstić information content (AvgIpc) is 2.39. The topological polar surface area (TPSA) is 15.3 Å². The molecule has 0 saturated carbocycles. The summed E-state index contributed by atoms with van der Waals surface area (Å²) in [7, 11) is 0. The molecule has 0 aliphatic carbocycles. The van der Waals surface area contributed by atoms with Crippen molar-refractivity contribution in [1.82, 2.24) is 10.2 Å². The van der Waals surface area contributed by atoms with Gasteiger partial charge in [-0.15, -0.1) is 0 Å². The van der Waals surface area contributed by atoms with Crippen LogP contribution in [0.5, 0.6) is 0 Å². The third-order valence-electron chi connectivity index (χ3n) is 5.02. The second-order valence-electron chi connectivity index (χ2n) is 6.20. The van der Waals surface area contributed by atoms with Crippen molar-refractivity contribution in [1.29, 1.82) is 0 Å². The van der Waals surface area contributed by atoms with Crippen LogP contribution in [-0.2, 0) is 0 Å². The molecule has 2 aliphatic rings. The maximum Gasteiger partial charge on any atom is 0.391 e. The van der Waals surface area contributed by atoms with Gasteiger partial charge in [0.1, 0.15) is 0 Å². The quantitative estimate of drug-likeness (QED) is 0.853. The molecule has 19 heavy (non-hydrogen) atoms. The standard InChI is InChI=1S/C14H25F3N2/c1-2-13(5-7-18-8-6-13)11-19-9-3-12(4-10-19)14(15,16)17/h12,18H,2-11H2,1H3. The second kappa shape index (κ2) is 6.00. The van der Waals surface area contributed by atoms with Crippen LogP contribution in [0, 0.1) is 11.3 Å². The van der Waals surface area contributed by atoms with Crippen molar-refractivity contribution in [3.05, 3.63) is 0 Å². The maximum atomic E-state index is 12.6. The molecular formula is C14H25F3N2. The highest BCUT2D eigenvalue weighted by Gasteiger charge is 2.42. The van der Waals surface area contributed by atoms with Crippen molar-refractivity contribution < 1.29 is 13.2 Å². The SMILES string of the molecule is CCC1(CN2CCC(C(F)(F)F)CC2)CCNCC1. The summed E-state index contributed by atoms with van der Waals surface area (Å²) in [5.74, 6) is -1.07. The minimum Gasteiger partial charge on any atom is -0.317 e. The fraction of sp³-hybridized carbons (Fsp3) is 1.00. The van der Waals surface area contributed by atoms with Crippen molar-refractivity contribution in [2.24, 2.45) is 11.3 Å². The Kier molecular flexibility index (Phi) is 4.77. The minimum absolute atomic E-state index is 0.279. The van der Waals surface area contributed by atoms with Gasteiger partial charge in [0.25, 0.3) is 0 Å².